The van der Waals surface area contributed by atoms with Crippen LogP contribution in [0.2, 0.25) is 5.02 Å². The number of halogens is 1. The van der Waals surface area contributed by atoms with E-state index in [2.05, 4.69) is 9.55 Å². The molecule has 0 radical (unpaired) electrons. The van der Waals surface area contributed by atoms with Crippen molar-refractivity contribution < 1.29 is 13.2 Å². The average Bonchev–Trinajstić information content (AvgIpc) is 2.88. The molecule has 1 aliphatic heterocycles. The minimum absolute atomic E-state index is 0.0251. The summed E-state index contributed by atoms with van der Waals surface area (Å²) in [5.74, 6) is 0.0251. The summed E-state index contributed by atoms with van der Waals surface area (Å²) >= 11 is 5.97. The van der Waals surface area contributed by atoms with Crippen LogP contribution >= 0.6 is 11.6 Å². The smallest absolute Gasteiger partial charge is 0.216 e. The second-order valence-electron chi connectivity index (χ2n) is 5.62. The minimum Gasteiger partial charge on any atom is -0.380 e. The number of ether oxygens (including phenoxy) is 1. The molecule has 3 rings (SSSR count). The van der Waals surface area contributed by atoms with Gasteiger partial charge in [-0.05, 0) is 18.6 Å². The van der Waals surface area contributed by atoms with Crippen LogP contribution < -0.4 is 0 Å². The maximum Gasteiger partial charge on any atom is 0.216 e. The van der Waals surface area contributed by atoms with Crippen molar-refractivity contribution in [2.45, 2.75) is 26.4 Å². The predicted molar refractivity (Wildman–Crippen MR) is 90.0 cm³/mol. The Bertz CT molecular complexity index is 804. The van der Waals surface area contributed by atoms with E-state index in [0.29, 0.717) is 31.3 Å². The molecule has 0 amide bonds. The van der Waals surface area contributed by atoms with Gasteiger partial charge in [-0.1, -0.05) is 18.5 Å². The van der Waals surface area contributed by atoms with Gasteiger partial charge in [-0.15, -0.1) is 0 Å². The molecule has 0 fully saturated rings. The largest absolute Gasteiger partial charge is 0.380 e. The summed E-state index contributed by atoms with van der Waals surface area (Å²) in [6.07, 6.45) is 2.50. The molecule has 1 aliphatic rings. The number of nitrogens with zero attached hydrogens (tertiary/aromatic N) is 3. The topological polar surface area (TPSA) is 64.4 Å². The molecule has 0 aromatic carbocycles. The van der Waals surface area contributed by atoms with Crippen molar-refractivity contribution in [3.8, 4) is 0 Å². The number of rotatable bonds is 6. The maximum atomic E-state index is 12.4. The van der Waals surface area contributed by atoms with Crippen LogP contribution in [0, 0.1) is 0 Å². The van der Waals surface area contributed by atoms with Crippen molar-refractivity contribution >= 4 is 32.7 Å². The summed E-state index contributed by atoms with van der Waals surface area (Å²) < 4.78 is 33.7. The van der Waals surface area contributed by atoms with E-state index in [9.17, 15) is 8.42 Å². The molecule has 0 saturated carbocycles. The van der Waals surface area contributed by atoms with E-state index < -0.39 is 10.0 Å². The van der Waals surface area contributed by atoms with Crippen molar-refractivity contribution in [3.63, 3.8) is 0 Å². The lowest BCUT2D eigenvalue weighted by Gasteiger charge is -2.28. The summed E-state index contributed by atoms with van der Waals surface area (Å²) in [6.45, 7) is 4.26. The molecule has 3 heterocycles. The van der Waals surface area contributed by atoms with Gasteiger partial charge in [0.1, 0.15) is 5.65 Å². The molecule has 8 heteroatoms. The van der Waals surface area contributed by atoms with Crippen LogP contribution in [0.5, 0.6) is 0 Å². The molecule has 2 aromatic heterocycles. The van der Waals surface area contributed by atoms with Gasteiger partial charge in [0.15, 0.2) is 0 Å². The number of aromatic nitrogens is 2. The first kappa shape index (κ1) is 16.7. The molecule has 0 saturated heterocycles. The Labute approximate surface area is 141 Å². The van der Waals surface area contributed by atoms with E-state index in [1.807, 2.05) is 19.1 Å². The maximum absolute atomic E-state index is 12.4. The van der Waals surface area contributed by atoms with Crippen molar-refractivity contribution in [2.75, 3.05) is 25.5 Å². The van der Waals surface area contributed by atoms with Crippen LogP contribution in [0.3, 0.4) is 0 Å². The van der Waals surface area contributed by atoms with E-state index in [4.69, 9.17) is 16.3 Å². The van der Waals surface area contributed by atoms with E-state index >= 15 is 0 Å². The number of sulfonamides is 1. The van der Waals surface area contributed by atoms with Crippen LogP contribution in [-0.4, -0.2) is 47.8 Å². The van der Waals surface area contributed by atoms with E-state index in [0.717, 1.165) is 23.1 Å². The van der Waals surface area contributed by atoms with Gasteiger partial charge in [0.2, 0.25) is 10.0 Å². The van der Waals surface area contributed by atoms with Crippen LogP contribution in [0.25, 0.3) is 11.0 Å². The number of hydrogen-bond donors (Lipinski definition) is 0. The second kappa shape index (κ2) is 6.76. The summed E-state index contributed by atoms with van der Waals surface area (Å²) in [6, 6.07) is 3.82. The fourth-order valence-electron chi connectivity index (χ4n) is 2.80. The lowest BCUT2D eigenvalue weighted by atomic mass is 10.3. The lowest BCUT2D eigenvalue weighted by Crippen LogP contribution is -2.40. The van der Waals surface area contributed by atoms with Crippen LogP contribution in [0.4, 0.5) is 0 Å². The molecule has 126 valence electrons. The predicted octanol–water partition coefficient (Wildman–Crippen LogP) is 2.26. The zero-order valence-electron chi connectivity index (χ0n) is 13.0. The lowest BCUT2D eigenvalue weighted by molar-refractivity contribution is 0.148. The third-order valence-electron chi connectivity index (χ3n) is 3.93. The Morgan fingerprint density at radius 2 is 2.13 bits per heavy atom. The minimum atomic E-state index is -3.30. The van der Waals surface area contributed by atoms with Crippen molar-refractivity contribution in [1.29, 1.82) is 0 Å². The van der Waals surface area contributed by atoms with Gasteiger partial charge in [0, 0.05) is 37.0 Å². The van der Waals surface area contributed by atoms with Gasteiger partial charge in [-0.25, -0.2) is 13.4 Å². The third-order valence-corrected chi connectivity index (χ3v) is 5.91. The summed E-state index contributed by atoms with van der Waals surface area (Å²) in [5, 5.41) is 1.52. The first-order valence-electron chi connectivity index (χ1n) is 7.70. The zero-order chi connectivity index (χ0) is 16.4. The fraction of sp³-hybridized carbons (Fsp3) is 0.533. The molecular weight excluding hydrogens is 338 g/mol. The van der Waals surface area contributed by atoms with Gasteiger partial charge in [0.05, 0.1) is 23.9 Å². The molecule has 2 aromatic rings. The Kier molecular flexibility index (Phi) is 4.91. The molecule has 0 aliphatic carbocycles. The Morgan fingerprint density at radius 1 is 1.30 bits per heavy atom. The van der Waals surface area contributed by atoms with E-state index in [1.165, 1.54) is 4.31 Å². The Hall–Kier alpha value is -1.15. The van der Waals surface area contributed by atoms with Gasteiger partial charge >= 0.3 is 0 Å². The highest BCUT2D eigenvalue weighted by atomic mass is 35.5. The Balaban J connectivity index is 1.76. The monoisotopic (exact) mass is 357 g/mol. The van der Waals surface area contributed by atoms with E-state index in [1.54, 1.807) is 6.20 Å². The average molecular weight is 358 g/mol. The quantitative estimate of drug-likeness (QED) is 0.744. The van der Waals surface area contributed by atoms with E-state index in [-0.39, 0.29) is 12.4 Å². The summed E-state index contributed by atoms with van der Waals surface area (Å²) in [5.41, 5.74) is 1.80. The van der Waals surface area contributed by atoms with Gasteiger partial charge < -0.3 is 9.30 Å². The van der Waals surface area contributed by atoms with Crippen molar-refractivity contribution in [2.24, 2.45) is 0 Å². The SMILES string of the molecule is CCCOCCS(=O)(=O)N1CCn2c(cc3cc(Cl)cnc32)C1. The number of pyridine rings is 1. The first-order valence-corrected chi connectivity index (χ1v) is 9.69. The highest BCUT2D eigenvalue weighted by Gasteiger charge is 2.27. The molecular formula is C15H20ClN3O3S. The van der Waals surface area contributed by atoms with Crippen molar-refractivity contribution in [3.05, 3.63) is 29.0 Å². The molecule has 0 N–H and O–H groups in total. The summed E-state index contributed by atoms with van der Waals surface area (Å²) in [4.78, 5) is 4.35. The van der Waals surface area contributed by atoms with Crippen LogP contribution in [0.15, 0.2) is 18.3 Å². The number of fused-ring (bicyclic) bond motifs is 3. The van der Waals surface area contributed by atoms with Crippen molar-refractivity contribution in [1.82, 2.24) is 13.9 Å². The van der Waals surface area contributed by atoms with Crippen LogP contribution in [-0.2, 0) is 27.8 Å². The summed E-state index contributed by atoms with van der Waals surface area (Å²) in [7, 11) is -3.30. The normalized spacial score (nSPS) is 15.9. The Morgan fingerprint density at radius 3 is 2.91 bits per heavy atom. The second-order valence-corrected chi connectivity index (χ2v) is 8.14. The van der Waals surface area contributed by atoms with Gasteiger partial charge in [-0.2, -0.15) is 4.31 Å². The molecule has 0 atom stereocenters. The van der Waals surface area contributed by atoms with Crippen LogP contribution in [0.1, 0.15) is 19.0 Å². The van der Waals surface area contributed by atoms with Gasteiger partial charge in [-0.3, -0.25) is 0 Å². The van der Waals surface area contributed by atoms with Gasteiger partial charge in [0.25, 0.3) is 0 Å². The third kappa shape index (κ3) is 3.52. The first-order chi connectivity index (χ1) is 11.0. The highest BCUT2D eigenvalue weighted by molar-refractivity contribution is 7.89. The molecule has 6 nitrogen and oxygen atoms in total. The highest BCUT2D eigenvalue weighted by Crippen LogP contribution is 2.25. The number of hydrogen-bond acceptors (Lipinski definition) is 4. The zero-order valence-corrected chi connectivity index (χ0v) is 14.6. The fourth-order valence-corrected chi connectivity index (χ4v) is 4.24. The molecule has 0 unspecified atom stereocenters. The molecule has 23 heavy (non-hydrogen) atoms. The molecule has 0 bridgehead atoms. The standard InChI is InChI=1S/C15H20ClN3O3S/c1-2-5-22-6-7-23(20,21)18-3-4-19-14(11-18)9-12-8-13(16)10-17-15(12)19/h8-10H,2-7,11H2,1H3. The molecule has 0 spiro atoms.